The van der Waals surface area contributed by atoms with Crippen LogP contribution < -0.4 is 82.7 Å². The van der Waals surface area contributed by atoms with Crippen molar-refractivity contribution in [3.63, 3.8) is 0 Å². The predicted molar refractivity (Wildman–Crippen MR) is 356 cm³/mol. The maximum atomic E-state index is 14.7. The summed E-state index contributed by atoms with van der Waals surface area (Å²) in [7, 11) is 0. The third-order valence-electron chi connectivity index (χ3n) is 16.0. The lowest BCUT2D eigenvalue weighted by molar-refractivity contribution is -0.144. The number of guanidine groups is 1. The average molecular weight is 1350 g/mol. The van der Waals surface area contributed by atoms with Gasteiger partial charge in [0.1, 0.15) is 54.4 Å². The number of carbonyl (C=O) groups excluding carboxylic acids is 13. The first-order valence-electron chi connectivity index (χ1n) is 32.2. The Hall–Kier alpha value is -8.91. The van der Waals surface area contributed by atoms with Gasteiger partial charge in [0.15, 0.2) is 5.96 Å². The van der Waals surface area contributed by atoms with Gasteiger partial charge in [0.2, 0.25) is 76.8 Å². The van der Waals surface area contributed by atoms with E-state index < -0.39 is 169 Å². The van der Waals surface area contributed by atoms with E-state index in [0.717, 1.165) is 0 Å². The standard InChI is InChI=1S/C63H98N18O13S/c1-37(2)33-45(57(89)74-41(53(68)85)27-32-95-3)73-52(84)36-72-54(86)46(34-38-15-6-4-7-16-38)78-58(90)47(35-39-17-8-5-9-18-39)79-56(88)42(23-25-50(66)82)75-55(87)43(24-26-51(67)83)76-59(91)49-22-14-31-81(49)62(94)44(20-10-11-28-64)77-60(92)48-21-13-30-80(48)61(93)40(65)19-12-29-71-63(69)70/h4-9,15-18,37,40-49H,10-14,19-36,64-65H2,1-3H3,(H2,66,82)(H2,67,83)(H2,68,85)(H,72,86)(H,73,84)(H,74,89)(H,75,87)(H,76,91)(H,77,92)(H,78,90)(H,79,88)(H4,69,70,71)/t40-,41-,42-,43+,44-,45+,46+,47+,48-,49-/m0/s1. The van der Waals surface area contributed by atoms with Crippen LogP contribution in [0.25, 0.3) is 0 Å². The average Bonchev–Trinajstić information content (AvgIpc) is 1.74. The zero-order valence-corrected chi connectivity index (χ0v) is 55.3. The summed E-state index contributed by atoms with van der Waals surface area (Å²) in [6.07, 6.45) is 3.12. The highest BCUT2D eigenvalue weighted by Gasteiger charge is 2.42. The number of nitrogens with two attached hydrogens (primary N) is 7. The first kappa shape index (κ1) is 78.5. The zero-order valence-electron chi connectivity index (χ0n) is 54.5. The Morgan fingerprint density at radius 3 is 1.51 bits per heavy atom. The fourth-order valence-corrected chi connectivity index (χ4v) is 11.5. The van der Waals surface area contributed by atoms with Crippen LogP contribution in [0, 0.1) is 5.92 Å². The molecule has 0 saturated carbocycles. The Bertz CT molecular complexity index is 2960. The summed E-state index contributed by atoms with van der Waals surface area (Å²) in [6.45, 7) is 3.86. The number of unbranched alkanes of at least 4 members (excludes halogenated alkanes) is 1. The Balaban J connectivity index is 1.56. The van der Waals surface area contributed by atoms with Crippen LogP contribution in [-0.2, 0) is 75.2 Å². The van der Waals surface area contributed by atoms with Gasteiger partial charge in [-0.1, -0.05) is 74.5 Å². The highest BCUT2D eigenvalue weighted by molar-refractivity contribution is 7.98. The number of likely N-dealkylation sites (tertiary alicyclic amines) is 2. The Kier molecular flexibility index (Phi) is 33.9. The summed E-state index contributed by atoms with van der Waals surface area (Å²) in [6, 6.07) is 4.51. The van der Waals surface area contributed by atoms with E-state index in [1.807, 2.05) is 20.1 Å². The second-order valence-corrected chi connectivity index (χ2v) is 25.1. The first-order chi connectivity index (χ1) is 45.2. The molecular formula is C63H98N18O13S. The van der Waals surface area contributed by atoms with Crippen LogP contribution in [0.4, 0.5) is 0 Å². The minimum atomic E-state index is -1.64. The molecule has 2 aromatic rings. The van der Waals surface area contributed by atoms with E-state index in [1.165, 1.54) is 21.6 Å². The maximum absolute atomic E-state index is 14.7. The van der Waals surface area contributed by atoms with E-state index in [9.17, 15) is 62.3 Å². The van der Waals surface area contributed by atoms with Crippen molar-refractivity contribution in [2.45, 2.75) is 183 Å². The Morgan fingerprint density at radius 1 is 0.537 bits per heavy atom. The molecule has 95 heavy (non-hydrogen) atoms. The van der Waals surface area contributed by atoms with Gasteiger partial charge in [-0.3, -0.25) is 67.3 Å². The topological polar surface area (TPSA) is 519 Å². The quantitative estimate of drug-likeness (QED) is 0.0173. The zero-order chi connectivity index (χ0) is 70.1. The number of amides is 13. The highest BCUT2D eigenvalue weighted by atomic mass is 32.2. The van der Waals surface area contributed by atoms with Gasteiger partial charge in [0, 0.05) is 45.3 Å². The molecule has 32 heteroatoms. The number of hydrogen-bond acceptors (Lipinski definition) is 17. The molecule has 0 bridgehead atoms. The number of thioether (sulfide) groups is 1. The molecule has 4 rings (SSSR count). The van der Waals surface area contributed by atoms with Crippen molar-refractivity contribution in [2.75, 3.05) is 44.7 Å². The van der Waals surface area contributed by atoms with Gasteiger partial charge in [-0.15, -0.1) is 0 Å². The highest BCUT2D eigenvalue weighted by Crippen LogP contribution is 2.24. The molecular weight excluding hydrogens is 1250 g/mol. The van der Waals surface area contributed by atoms with Crippen molar-refractivity contribution in [2.24, 2.45) is 51.0 Å². The van der Waals surface area contributed by atoms with E-state index in [-0.39, 0.29) is 83.0 Å². The van der Waals surface area contributed by atoms with Crippen LogP contribution in [0.3, 0.4) is 0 Å². The maximum Gasteiger partial charge on any atom is 0.245 e. The predicted octanol–water partition coefficient (Wildman–Crippen LogP) is -3.71. The van der Waals surface area contributed by atoms with Crippen LogP contribution in [0.15, 0.2) is 65.7 Å². The molecule has 31 nitrogen and oxygen atoms in total. The fourth-order valence-electron chi connectivity index (χ4n) is 11.0. The number of nitrogens with zero attached hydrogens (tertiary/aromatic N) is 3. The van der Waals surface area contributed by atoms with Crippen LogP contribution in [0.5, 0.6) is 0 Å². The molecule has 2 aromatic carbocycles. The lowest BCUT2D eigenvalue weighted by Gasteiger charge is -2.32. The fraction of sp³-hybridized carbons (Fsp3) is 0.587. The molecule has 13 amide bonds. The van der Waals surface area contributed by atoms with E-state index in [0.29, 0.717) is 55.4 Å². The molecule has 2 aliphatic rings. The number of hydrogen-bond donors (Lipinski definition) is 15. The molecule has 22 N–H and O–H groups in total. The van der Waals surface area contributed by atoms with Gasteiger partial charge in [-0.05, 0) is 119 Å². The normalized spacial score (nSPS) is 16.8. The number of nitrogens with one attached hydrogen (secondary N) is 8. The lowest BCUT2D eigenvalue weighted by atomic mass is 10.0. The van der Waals surface area contributed by atoms with Crippen LogP contribution in [-0.4, -0.2) is 198 Å². The van der Waals surface area contributed by atoms with E-state index in [1.54, 1.807) is 60.7 Å². The molecule has 2 aliphatic heterocycles. The summed E-state index contributed by atoms with van der Waals surface area (Å²) in [5.41, 5.74) is 40.6. The second-order valence-electron chi connectivity index (χ2n) is 24.1. The molecule has 2 fully saturated rings. The van der Waals surface area contributed by atoms with E-state index >= 15 is 0 Å². The monoisotopic (exact) mass is 1350 g/mol. The first-order valence-corrected chi connectivity index (χ1v) is 33.6. The van der Waals surface area contributed by atoms with Crippen LogP contribution in [0.2, 0.25) is 0 Å². The summed E-state index contributed by atoms with van der Waals surface area (Å²) in [5, 5.41) is 21.1. The van der Waals surface area contributed by atoms with Gasteiger partial charge in [-0.2, -0.15) is 11.8 Å². The number of carbonyl (C=O) groups is 13. The largest absolute Gasteiger partial charge is 0.370 e. The summed E-state index contributed by atoms with van der Waals surface area (Å²) in [5.74, 6) is -9.80. The summed E-state index contributed by atoms with van der Waals surface area (Å²) >= 11 is 1.45. The third-order valence-corrected chi connectivity index (χ3v) is 16.7. The minimum Gasteiger partial charge on any atom is -0.370 e. The SMILES string of the molecule is CSCC[C@H](NC(=O)[C@@H](CC(C)C)NC(=O)CNC(=O)[C@@H](Cc1ccccc1)NC(=O)[C@@H](Cc1ccccc1)NC(=O)[C@H](CCC(N)=O)NC(=O)[C@@H](CCC(N)=O)NC(=O)[C@@H]1CCCN1C(=O)[C@H](CCCCN)NC(=O)[C@@H]1CCCN1C(=O)[C@@H](N)CCCN=C(N)N)C(N)=O. The molecule has 2 heterocycles. The molecule has 0 radical (unpaired) electrons. The van der Waals surface area contributed by atoms with Gasteiger partial charge in [0.05, 0.1) is 12.6 Å². The van der Waals surface area contributed by atoms with Crippen molar-refractivity contribution >= 4 is 94.5 Å². The Morgan fingerprint density at radius 2 is 1.01 bits per heavy atom. The van der Waals surface area contributed by atoms with Crippen LogP contribution in [0.1, 0.15) is 121 Å². The summed E-state index contributed by atoms with van der Waals surface area (Å²) < 4.78 is 0. The number of benzene rings is 2. The van der Waals surface area contributed by atoms with Crippen LogP contribution >= 0.6 is 11.8 Å². The van der Waals surface area contributed by atoms with Crippen molar-refractivity contribution in [3.05, 3.63) is 71.8 Å². The number of primary amides is 3. The molecule has 0 aliphatic carbocycles. The smallest absolute Gasteiger partial charge is 0.245 e. The Labute approximate surface area is 558 Å². The van der Waals surface area contributed by atoms with Crippen molar-refractivity contribution in [1.82, 2.24) is 52.3 Å². The van der Waals surface area contributed by atoms with Gasteiger partial charge < -0.3 is 92.5 Å². The third kappa shape index (κ3) is 27.5. The van der Waals surface area contributed by atoms with E-state index in [4.69, 9.17) is 40.1 Å². The van der Waals surface area contributed by atoms with Crippen molar-refractivity contribution in [3.8, 4) is 0 Å². The number of rotatable bonds is 42. The van der Waals surface area contributed by atoms with Crippen molar-refractivity contribution in [1.29, 1.82) is 0 Å². The van der Waals surface area contributed by atoms with Gasteiger partial charge in [0.25, 0.3) is 0 Å². The summed E-state index contributed by atoms with van der Waals surface area (Å²) in [4.78, 5) is 185. The minimum absolute atomic E-state index is 0.0736. The molecule has 2 saturated heterocycles. The van der Waals surface area contributed by atoms with Gasteiger partial charge in [-0.25, -0.2) is 0 Å². The van der Waals surface area contributed by atoms with Crippen molar-refractivity contribution < 1.29 is 62.3 Å². The number of aliphatic imine (C=N–C) groups is 1. The molecule has 524 valence electrons. The second kappa shape index (κ2) is 41.0. The molecule has 0 aromatic heterocycles. The molecule has 10 atom stereocenters. The molecule has 0 unspecified atom stereocenters. The van der Waals surface area contributed by atoms with Gasteiger partial charge >= 0.3 is 0 Å². The lowest BCUT2D eigenvalue weighted by Crippen LogP contribution is -2.60. The molecule has 0 spiro atoms. The van der Waals surface area contributed by atoms with E-state index in [2.05, 4.69) is 47.5 Å².